The van der Waals surface area contributed by atoms with Crippen LogP contribution in [0, 0.1) is 6.92 Å². The summed E-state index contributed by atoms with van der Waals surface area (Å²) >= 11 is 0. The van der Waals surface area contributed by atoms with Crippen LogP contribution in [0.4, 0.5) is 0 Å². The molecule has 0 heterocycles. The number of methoxy groups -OCH3 is 1. The minimum atomic E-state index is 0.297. The number of aryl methyl sites for hydroxylation is 1. The predicted octanol–water partition coefficient (Wildman–Crippen LogP) is 3.38. The van der Waals surface area contributed by atoms with Crippen LogP contribution in [0.1, 0.15) is 5.56 Å². The van der Waals surface area contributed by atoms with Gasteiger partial charge in [-0.1, -0.05) is 18.2 Å². The quantitative estimate of drug-likeness (QED) is 0.830. The van der Waals surface area contributed by atoms with Gasteiger partial charge < -0.3 is 9.84 Å². The molecule has 0 bridgehead atoms. The summed E-state index contributed by atoms with van der Waals surface area (Å²) in [6, 6.07) is 13.3. The molecule has 16 heavy (non-hydrogen) atoms. The fourth-order valence-electron chi connectivity index (χ4n) is 1.71. The van der Waals surface area contributed by atoms with Crippen LogP contribution in [0.25, 0.3) is 11.1 Å². The number of phenols is 1. The smallest absolute Gasteiger partial charge is 0.118 e. The molecule has 0 unspecified atom stereocenters. The van der Waals surface area contributed by atoms with Crippen LogP contribution < -0.4 is 4.74 Å². The first-order chi connectivity index (χ1) is 7.69. The summed E-state index contributed by atoms with van der Waals surface area (Å²) in [4.78, 5) is 0. The van der Waals surface area contributed by atoms with Gasteiger partial charge in [-0.05, 0) is 47.9 Å². The van der Waals surface area contributed by atoms with E-state index in [2.05, 4.69) is 0 Å². The van der Waals surface area contributed by atoms with Crippen LogP contribution in [0.5, 0.6) is 11.5 Å². The summed E-state index contributed by atoms with van der Waals surface area (Å²) < 4.78 is 5.10. The zero-order valence-corrected chi connectivity index (χ0v) is 9.40. The van der Waals surface area contributed by atoms with Crippen molar-refractivity contribution in [3.05, 3.63) is 48.0 Å². The molecular formula is C14H14O2. The third-order valence-electron chi connectivity index (χ3n) is 2.49. The fourth-order valence-corrected chi connectivity index (χ4v) is 1.71. The molecule has 2 rings (SSSR count). The van der Waals surface area contributed by atoms with E-state index in [0.717, 1.165) is 22.4 Å². The molecule has 2 heteroatoms. The zero-order chi connectivity index (χ0) is 11.5. The van der Waals surface area contributed by atoms with Crippen molar-refractivity contribution in [3.8, 4) is 22.6 Å². The minimum absolute atomic E-state index is 0.297. The molecule has 0 fully saturated rings. The molecule has 0 saturated heterocycles. The Morgan fingerprint density at radius 2 is 1.62 bits per heavy atom. The number of rotatable bonds is 2. The second kappa shape index (κ2) is 4.27. The highest BCUT2D eigenvalue weighted by atomic mass is 16.5. The molecule has 0 amide bonds. The van der Waals surface area contributed by atoms with Crippen molar-refractivity contribution >= 4 is 0 Å². The third kappa shape index (κ3) is 2.16. The largest absolute Gasteiger partial charge is 0.508 e. The Labute approximate surface area is 95.1 Å². The SMILES string of the molecule is COc1ccc(-c2cc(C)cc(O)c2)cc1. The normalized spacial score (nSPS) is 10.1. The number of benzene rings is 2. The predicted molar refractivity (Wildman–Crippen MR) is 64.8 cm³/mol. The lowest BCUT2D eigenvalue weighted by molar-refractivity contribution is 0.415. The van der Waals surface area contributed by atoms with Gasteiger partial charge in [-0.2, -0.15) is 0 Å². The summed E-state index contributed by atoms with van der Waals surface area (Å²) in [6.07, 6.45) is 0. The Morgan fingerprint density at radius 1 is 0.938 bits per heavy atom. The second-order valence-electron chi connectivity index (χ2n) is 3.79. The van der Waals surface area contributed by atoms with E-state index >= 15 is 0 Å². The van der Waals surface area contributed by atoms with Gasteiger partial charge in [0.2, 0.25) is 0 Å². The van der Waals surface area contributed by atoms with Crippen LogP contribution in [0.3, 0.4) is 0 Å². The van der Waals surface area contributed by atoms with Gasteiger partial charge in [0.25, 0.3) is 0 Å². The molecule has 0 aromatic heterocycles. The van der Waals surface area contributed by atoms with E-state index in [1.165, 1.54) is 0 Å². The Balaban J connectivity index is 2.42. The number of aromatic hydroxyl groups is 1. The Bertz CT molecular complexity index is 466. The first-order valence-corrected chi connectivity index (χ1v) is 5.14. The summed E-state index contributed by atoms with van der Waals surface area (Å²) in [7, 11) is 1.65. The van der Waals surface area contributed by atoms with Crippen molar-refractivity contribution in [2.24, 2.45) is 0 Å². The third-order valence-corrected chi connectivity index (χ3v) is 2.49. The van der Waals surface area contributed by atoms with E-state index in [1.54, 1.807) is 19.2 Å². The van der Waals surface area contributed by atoms with E-state index in [-0.39, 0.29) is 0 Å². The molecule has 0 spiro atoms. The fraction of sp³-hybridized carbons (Fsp3) is 0.143. The van der Waals surface area contributed by atoms with Gasteiger partial charge in [0.05, 0.1) is 7.11 Å². The number of ether oxygens (including phenoxy) is 1. The van der Waals surface area contributed by atoms with Gasteiger partial charge in [-0.3, -0.25) is 0 Å². The molecule has 2 aromatic rings. The van der Waals surface area contributed by atoms with Crippen molar-refractivity contribution in [2.45, 2.75) is 6.92 Å². The van der Waals surface area contributed by atoms with E-state index in [1.807, 2.05) is 37.3 Å². The molecule has 0 aliphatic heterocycles. The highest BCUT2D eigenvalue weighted by Crippen LogP contribution is 2.26. The Kier molecular flexibility index (Phi) is 2.82. The van der Waals surface area contributed by atoms with E-state index in [9.17, 15) is 5.11 Å². The van der Waals surface area contributed by atoms with Crippen LogP contribution in [-0.4, -0.2) is 12.2 Å². The average molecular weight is 214 g/mol. The highest BCUT2D eigenvalue weighted by molar-refractivity contribution is 5.66. The maximum absolute atomic E-state index is 9.53. The molecule has 2 aromatic carbocycles. The molecule has 0 radical (unpaired) electrons. The standard InChI is InChI=1S/C14H14O2/c1-10-7-12(9-13(15)8-10)11-3-5-14(16-2)6-4-11/h3-9,15H,1-2H3. The second-order valence-corrected chi connectivity index (χ2v) is 3.79. The molecule has 0 aliphatic rings. The van der Waals surface area contributed by atoms with Gasteiger partial charge in [-0.15, -0.1) is 0 Å². The highest BCUT2D eigenvalue weighted by Gasteiger charge is 2.01. The van der Waals surface area contributed by atoms with Crippen LogP contribution in [-0.2, 0) is 0 Å². The van der Waals surface area contributed by atoms with Crippen molar-refractivity contribution in [2.75, 3.05) is 7.11 Å². The van der Waals surface area contributed by atoms with E-state index in [0.29, 0.717) is 5.75 Å². The lowest BCUT2D eigenvalue weighted by Crippen LogP contribution is -1.83. The average Bonchev–Trinajstić information content (AvgIpc) is 2.28. The number of hydrogen-bond donors (Lipinski definition) is 1. The summed E-state index contributed by atoms with van der Waals surface area (Å²) in [5.41, 5.74) is 3.13. The van der Waals surface area contributed by atoms with Crippen LogP contribution >= 0.6 is 0 Å². The summed E-state index contributed by atoms with van der Waals surface area (Å²) in [6.45, 7) is 1.97. The lowest BCUT2D eigenvalue weighted by atomic mass is 10.0. The van der Waals surface area contributed by atoms with Crippen LogP contribution in [0.2, 0.25) is 0 Å². The van der Waals surface area contributed by atoms with Crippen LogP contribution in [0.15, 0.2) is 42.5 Å². The van der Waals surface area contributed by atoms with Gasteiger partial charge >= 0.3 is 0 Å². The molecule has 1 N–H and O–H groups in total. The number of hydrogen-bond acceptors (Lipinski definition) is 2. The molecule has 82 valence electrons. The summed E-state index contributed by atoms with van der Waals surface area (Å²) in [5, 5.41) is 9.53. The van der Waals surface area contributed by atoms with Crippen molar-refractivity contribution in [1.82, 2.24) is 0 Å². The molecule has 0 atom stereocenters. The Morgan fingerprint density at radius 3 is 2.19 bits per heavy atom. The van der Waals surface area contributed by atoms with Crippen molar-refractivity contribution < 1.29 is 9.84 Å². The molecule has 0 saturated carbocycles. The monoisotopic (exact) mass is 214 g/mol. The molecule has 0 aliphatic carbocycles. The van der Waals surface area contributed by atoms with Gasteiger partial charge in [0.1, 0.15) is 11.5 Å². The van der Waals surface area contributed by atoms with Crippen molar-refractivity contribution in [3.63, 3.8) is 0 Å². The van der Waals surface area contributed by atoms with Gasteiger partial charge in [0.15, 0.2) is 0 Å². The maximum atomic E-state index is 9.53. The van der Waals surface area contributed by atoms with Gasteiger partial charge in [0, 0.05) is 0 Å². The van der Waals surface area contributed by atoms with E-state index in [4.69, 9.17) is 4.74 Å². The maximum Gasteiger partial charge on any atom is 0.118 e. The minimum Gasteiger partial charge on any atom is -0.508 e. The van der Waals surface area contributed by atoms with Gasteiger partial charge in [-0.25, -0.2) is 0 Å². The first-order valence-electron chi connectivity index (χ1n) is 5.14. The molecule has 2 nitrogen and oxygen atoms in total. The zero-order valence-electron chi connectivity index (χ0n) is 9.40. The first kappa shape index (κ1) is 10.6. The lowest BCUT2D eigenvalue weighted by Gasteiger charge is -2.05. The topological polar surface area (TPSA) is 29.5 Å². The number of phenolic OH excluding ortho intramolecular Hbond substituents is 1. The Hall–Kier alpha value is -1.96. The molecular weight excluding hydrogens is 200 g/mol. The van der Waals surface area contributed by atoms with E-state index < -0.39 is 0 Å². The summed E-state index contributed by atoms with van der Waals surface area (Å²) in [5.74, 6) is 1.13. The van der Waals surface area contributed by atoms with Crippen molar-refractivity contribution in [1.29, 1.82) is 0 Å².